The molecule has 0 saturated heterocycles. The SMILES string of the molecule is CCCNC(CC)c1ccc(OCCCSC)cc1. The second kappa shape index (κ2) is 10.2. The first-order valence-corrected chi connectivity index (χ1v) is 8.66. The number of hydrogen-bond donors (Lipinski definition) is 1. The third kappa shape index (κ3) is 6.35. The third-order valence-corrected chi connectivity index (χ3v) is 3.79. The Morgan fingerprint density at radius 2 is 1.95 bits per heavy atom. The first-order valence-electron chi connectivity index (χ1n) is 7.26. The van der Waals surface area contributed by atoms with E-state index in [0.717, 1.165) is 37.5 Å². The van der Waals surface area contributed by atoms with Crippen LogP contribution in [0.5, 0.6) is 5.75 Å². The van der Waals surface area contributed by atoms with Crippen molar-refractivity contribution in [2.24, 2.45) is 0 Å². The summed E-state index contributed by atoms with van der Waals surface area (Å²) in [7, 11) is 0. The van der Waals surface area contributed by atoms with Crippen molar-refractivity contribution < 1.29 is 4.74 Å². The third-order valence-electron chi connectivity index (χ3n) is 3.09. The molecule has 108 valence electrons. The fraction of sp³-hybridized carbons (Fsp3) is 0.625. The molecule has 0 aliphatic heterocycles. The van der Waals surface area contributed by atoms with Gasteiger partial charge in [-0.25, -0.2) is 0 Å². The van der Waals surface area contributed by atoms with E-state index in [-0.39, 0.29) is 0 Å². The summed E-state index contributed by atoms with van der Waals surface area (Å²) in [6.07, 6.45) is 5.53. The Morgan fingerprint density at radius 1 is 1.21 bits per heavy atom. The lowest BCUT2D eigenvalue weighted by molar-refractivity contribution is 0.318. The molecule has 1 unspecified atom stereocenters. The normalized spacial score (nSPS) is 12.4. The highest BCUT2D eigenvalue weighted by molar-refractivity contribution is 7.98. The molecule has 1 N–H and O–H groups in total. The highest BCUT2D eigenvalue weighted by Gasteiger charge is 2.07. The van der Waals surface area contributed by atoms with Gasteiger partial charge >= 0.3 is 0 Å². The Balaban J connectivity index is 2.45. The summed E-state index contributed by atoms with van der Waals surface area (Å²) in [5.74, 6) is 2.15. The molecule has 0 amide bonds. The smallest absolute Gasteiger partial charge is 0.119 e. The minimum Gasteiger partial charge on any atom is -0.494 e. The molecule has 0 aliphatic carbocycles. The van der Waals surface area contributed by atoms with Crippen LogP contribution < -0.4 is 10.1 Å². The van der Waals surface area contributed by atoms with Gasteiger partial charge in [-0.05, 0) is 55.5 Å². The number of benzene rings is 1. The van der Waals surface area contributed by atoms with Gasteiger partial charge in [0.05, 0.1) is 6.61 Å². The maximum absolute atomic E-state index is 5.72. The van der Waals surface area contributed by atoms with Crippen LogP contribution in [0, 0.1) is 0 Å². The molecule has 0 aliphatic rings. The van der Waals surface area contributed by atoms with E-state index in [9.17, 15) is 0 Å². The average molecular weight is 281 g/mol. The lowest BCUT2D eigenvalue weighted by atomic mass is 10.0. The first-order chi connectivity index (χ1) is 9.31. The molecule has 3 heteroatoms. The van der Waals surface area contributed by atoms with Crippen molar-refractivity contribution in [3.63, 3.8) is 0 Å². The van der Waals surface area contributed by atoms with Crippen LogP contribution in [0.15, 0.2) is 24.3 Å². The maximum atomic E-state index is 5.72. The van der Waals surface area contributed by atoms with E-state index in [2.05, 4.69) is 49.7 Å². The average Bonchev–Trinajstić information content (AvgIpc) is 2.46. The molecule has 0 saturated carbocycles. The summed E-state index contributed by atoms with van der Waals surface area (Å²) in [6, 6.07) is 9.00. The standard InChI is InChI=1S/C16H27NOS/c1-4-11-17-16(5-2)14-7-9-15(10-8-14)18-12-6-13-19-3/h7-10,16-17H,4-6,11-13H2,1-3H3. The van der Waals surface area contributed by atoms with Gasteiger partial charge in [-0.15, -0.1) is 0 Å². The van der Waals surface area contributed by atoms with E-state index < -0.39 is 0 Å². The van der Waals surface area contributed by atoms with Crippen molar-refractivity contribution in [3.8, 4) is 5.75 Å². The van der Waals surface area contributed by atoms with Crippen molar-refractivity contribution in [1.29, 1.82) is 0 Å². The van der Waals surface area contributed by atoms with Crippen LogP contribution in [0.4, 0.5) is 0 Å². The van der Waals surface area contributed by atoms with Gasteiger partial charge in [-0.2, -0.15) is 11.8 Å². The molecule has 1 aromatic rings. The van der Waals surface area contributed by atoms with Gasteiger partial charge in [0.1, 0.15) is 5.75 Å². The van der Waals surface area contributed by atoms with E-state index in [1.807, 2.05) is 11.8 Å². The quantitative estimate of drug-likeness (QED) is 0.647. The summed E-state index contributed by atoms with van der Waals surface area (Å²) in [5.41, 5.74) is 1.35. The molecular formula is C16H27NOS. The van der Waals surface area contributed by atoms with Crippen molar-refractivity contribution in [1.82, 2.24) is 5.32 Å². The zero-order valence-corrected chi connectivity index (χ0v) is 13.3. The summed E-state index contributed by atoms with van der Waals surface area (Å²) in [6.45, 7) is 6.31. The van der Waals surface area contributed by atoms with E-state index in [1.54, 1.807) is 0 Å². The van der Waals surface area contributed by atoms with Gasteiger partial charge in [0.2, 0.25) is 0 Å². The second-order valence-electron chi connectivity index (χ2n) is 4.68. The molecule has 2 nitrogen and oxygen atoms in total. The van der Waals surface area contributed by atoms with Gasteiger partial charge in [-0.1, -0.05) is 26.0 Å². The van der Waals surface area contributed by atoms with Crippen molar-refractivity contribution in [2.75, 3.05) is 25.2 Å². The van der Waals surface area contributed by atoms with Gasteiger partial charge in [0, 0.05) is 6.04 Å². The minimum absolute atomic E-state index is 0.463. The van der Waals surface area contributed by atoms with Gasteiger partial charge in [0.15, 0.2) is 0 Å². The Bertz CT molecular complexity index is 326. The van der Waals surface area contributed by atoms with E-state index in [4.69, 9.17) is 4.74 Å². The van der Waals surface area contributed by atoms with Crippen LogP contribution in [0.3, 0.4) is 0 Å². The molecule has 0 fully saturated rings. The number of nitrogens with one attached hydrogen (secondary N) is 1. The zero-order valence-electron chi connectivity index (χ0n) is 12.4. The summed E-state index contributed by atoms with van der Waals surface area (Å²) in [5, 5.41) is 3.57. The molecule has 1 atom stereocenters. The minimum atomic E-state index is 0.463. The topological polar surface area (TPSA) is 21.3 Å². The number of rotatable bonds is 10. The predicted molar refractivity (Wildman–Crippen MR) is 86.3 cm³/mol. The lowest BCUT2D eigenvalue weighted by Crippen LogP contribution is -2.21. The van der Waals surface area contributed by atoms with Crippen molar-refractivity contribution >= 4 is 11.8 Å². The summed E-state index contributed by atoms with van der Waals surface area (Å²) in [4.78, 5) is 0. The highest BCUT2D eigenvalue weighted by atomic mass is 32.2. The molecule has 0 spiro atoms. The van der Waals surface area contributed by atoms with E-state index in [1.165, 1.54) is 12.0 Å². The highest BCUT2D eigenvalue weighted by Crippen LogP contribution is 2.20. The first kappa shape index (κ1) is 16.4. The Kier molecular flexibility index (Phi) is 8.76. The monoisotopic (exact) mass is 281 g/mol. The van der Waals surface area contributed by atoms with E-state index >= 15 is 0 Å². The van der Waals surface area contributed by atoms with Crippen molar-refractivity contribution in [3.05, 3.63) is 29.8 Å². The summed E-state index contributed by atoms with van der Waals surface area (Å²) >= 11 is 1.87. The molecule has 0 heterocycles. The van der Waals surface area contributed by atoms with Crippen LogP contribution >= 0.6 is 11.8 Å². The second-order valence-corrected chi connectivity index (χ2v) is 5.66. The largest absolute Gasteiger partial charge is 0.494 e. The predicted octanol–water partition coefficient (Wildman–Crippen LogP) is 4.27. The molecule has 0 radical (unpaired) electrons. The van der Waals surface area contributed by atoms with Gasteiger partial charge in [0.25, 0.3) is 0 Å². The van der Waals surface area contributed by atoms with Crippen LogP contribution in [0.25, 0.3) is 0 Å². The Labute approximate surface area is 122 Å². The Morgan fingerprint density at radius 3 is 2.53 bits per heavy atom. The van der Waals surface area contributed by atoms with Gasteiger partial charge < -0.3 is 10.1 Å². The number of ether oxygens (including phenoxy) is 1. The van der Waals surface area contributed by atoms with Crippen molar-refractivity contribution in [2.45, 2.75) is 39.2 Å². The van der Waals surface area contributed by atoms with Crippen LogP contribution in [0.1, 0.15) is 44.7 Å². The molecule has 1 rings (SSSR count). The van der Waals surface area contributed by atoms with Crippen LogP contribution in [0.2, 0.25) is 0 Å². The van der Waals surface area contributed by atoms with Gasteiger partial charge in [-0.3, -0.25) is 0 Å². The summed E-state index contributed by atoms with van der Waals surface area (Å²) < 4.78 is 5.72. The molecule has 1 aromatic carbocycles. The molecular weight excluding hydrogens is 254 g/mol. The molecule has 0 aromatic heterocycles. The number of thioether (sulfide) groups is 1. The molecule has 0 bridgehead atoms. The lowest BCUT2D eigenvalue weighted by Gasteiger charge is -2.17. The fourth-order valence-corrected chi connectivity index (χ4v) is 2.41. The van der Waals surface area contributed by atoms with E-state index in [0.29, 0.717) is 6.04 Å². The number of hydrogen-bond acceptors (Lipinski definition) is 3. The van der Waals surface area contributed by atoms with Crippen LogP contribution in [-0.2, 0) is 0 Å². The fourth-order valence-electron chi connectivity index (χ4n) is 2.01. The molecule has 19 heavy (non-hydrogen) atoms. The maximum Gasteiger partial charge on any atom is 0.119 e. The zero-order chi connectivity index (χ0) is 13.9. The van der Waals surface area contributed by atoms with Crippen LogP contribution in [-0.4, -0.2) is 25.2 Å². The Hall–Kier alpha value is -0.670.